The second-order valence-corrected chi connectivity index (χ2v) is 11.7. The fraction of sp³-hybridized carbons (Fsp3) is 0.586. The number of benzene rings is 1. The molecule has 0 aliphatic carbocycles. The summed E-state index contributed by atoms with van der Waals surface area (Å²) >= 11 is 0. The first-order chi connectivity index (χ1) is 17.6. The fourth-order valence-electron chi connectivity index (χ4n) is 4.15. The molecular formula is C29H43N3O6. The number of imidazole rings is 1. The zero-order chi connectivity index (χ0) is 28.8. The number of carbonyl (C=O) groups excluding carboxylic acids is 3. The average molecular weight is 530 g/mol. The van der Waals surface area contributed by atoms with Gasteiger partial charge in [-0.05, 0) is 28.9 Å². The Hall–Kier alpha value is -3.36. The summed E-state index contributed by atoms with van der Waals surface area (Å²) in [5, 5.41) is 10.9. The molecule has 9 nitrogen and oxygen atoms in total. The molecule has 0 aliphatic rings. The van der Waals surface area contributed by atoms with Gasteiger partial charge in [-0.25, -0.2) is 4.79 Å². The van der Waals surface area contributed by atoms with Gasteiger partial charge in [-0.1, -0.05) is 68.2 Å². The van der Waals surface area contributed by atoms with E-state index in [1.807, 2.05) is 46.1 Å². The third-order valence-corrected chi connectivity index (χ3v) is 6.48. The Kier molecular flexibility index (Phi) is 10.1. The van der Waals surface area contributed by atoms with Gasteiger partial charge < -0.3 is 24.1 Å². The standard InChI is InChI=1S/C29H43N3O6/c1-10-19(11-2)17-32-13-12-30-26(32)31-27(36)38-24(37-18(3)33)16-23(34)20-14-21(28(4,5)6)25(35)22(15-20)29(7,8)9/h12-15,19,24,35H,10-11,16-17H2,1-9H3,(H,30,31,36). The van der Waals surface area contributed by atoms with Gasteiger partial charge in [0.2, 0.25) is 5.62 Å². The number of aromatic nitrogens is 2. The number of nitrogens with one attached hydrogen (secondary N) is 1. The number of aromatic hydroxyl groups is 1. The van der Waals surface area contributed by atoms with Crippen molar-refractivity contribution in [1.29, 1.82) is 0 Å². The molecule has 1 atom stereocenters. The van der Waals surface area contributed by atoms with Crippen LogP contribution in [-0.2, 0) is 31.6 Å². The highest BCUT2D eigenvalue weighted by Crippen LogP contribution is 2.40. The second kappa shape index (κ2) is 12.5. The Morgan fingerprint density at radius 1 is 1.00 bits per heavy atom. The van der Waals surface area contributed by atoms with Crippen LogP contribution < -0.4 is 5.62 Å². The van der Waals surface area contributed by atoms with Crippen LogP contribution >= 0.6 is 0 Å². The third-order valence-electron chi connectivity index (χ3n) is 6.48. The minimum absolute atomic E-state index is 0.149. The lowest BCUT2D eigenvalue weighted by Gasteiger charge is -2.28. The molecule has 38 heavy (non-hydrogen) atoms. The van der Waals surface area contributed by atoms with Gasteiger partial charge in [-0.3, -0.25) is 9.59 Å². The minimum atomic E-state index is -1.45. The number of Topliss-reactive ketones (excluding diaryl/α,β-unsaturated/α-hetero) is 1. The predicted octanol–water partition coefficient (Wildman–Crippen LogP) is 5.75. The Labute approximate surface area is 225 Å². The number of nitrogens with zero attached hydrogens (tertiary/aromatic N) is 2. The van der Waals surface area contributed by atoms with Crippen LogP contribution in [0.4, 0.5) is 4.79 Å². The van der Waals surface area contributed by atoms with Crippen molar-refractivity contribution in [1.82, 2.24) is 9.55 Å². The molecule has 2 aromatic rings. The van der Waals surface area contributed by atoms with Crippen LogP contribution in [0.3, 0.4) is 0 Å². The summed E-state index contributed by atoms with van der Waals surface area (Å²) in [6, 6.07) is 3.29. The number of ether oxygens (including phenoxy) is 2. The molecule has 2 N–H and O–H groups in total. The van der Waals surface area contributed by atoms with E-state index in [2.05, 4.69) is 23.8 Å². The number of amides is 1. The summed E-state index contributed by atoms with van der Waals surface area (Å²) in [6.07, 6.45) is 2.61. The molecule has 2 rings (SSSR count). The third kappa shape index (κ3) is 8.33. The number of rotatable bonds is 9. The zero-order valence-electron chi connectivity index (χ0n) is 24.2. The topological polar surface area (TPSA) is 123 Å². The van der Waals surface area contributed by atoms with E-state index in [9.17, 15) is 19.5 Å². The number of phenolic OH excluding ortho intramolecular Hbond substituents is 1. The molecular weight excluding hydrogens is 486 g/mol. The van der Waals surface area contributed by atoms with E-state index in [0.29, 0.717) is 34.8 Å². The second-order valence-electron chi connectivity index (χ2n) is 11.7. The summed E-state index contributed by atoms with van der Waals surface area (Å²) in [5.41, 5.74) is 1.02. The maximum Gasteiger partial charge on any atom is 0.439 e. The largest absolute Gasteiger partial charge is 0.507 e. The predicted molar refractivity (Wildman–Crippen MR) is 145 cm³/mol. The van der Waals surface area contributed by atoms with Crippen molar-refractivity contribution in [2.45, 2.75) is 105 Å². The average Bonchev–Trinajstić information content (AvgIpc) is 3.21. The number of hydrogen-bond acceptors (Lipinski definition) is 6. The van der Waals surface area contributed by atoms with Gasteiger partial charge in [-0.15, -0.1) is 4.99 Å². The van der Waals surface area contributed by atoms with E-state index in [4.69, 9.17) is 9.47 Å². The quantitative estimate of drug-likeness (QED) is 0.242. The number of ketones is 1. The number of aromatic amines is 1. The van der Waals surface area contributed by atoms with Crippen LogP contribution in [0, 0.1) is 5.92 Å². The van der Waals surface area contributed by atoms with E-state index >= 15 is 0 Å². The van der Waals surface area contributed by atoms with Crippen LogP contribution in [0.2, 0.25) is 0 Å². The molecule has 1 unspecified atom stereocenters. The smallest absolute Gasteiger partial charge is 0.439 e. The van der Waals surface area contributed by atoms with Crippen molar-refractivity contribution in [3.05, 3.63) is 46.8 Å². The van der Waals surface area contributed by atoms with E-state index in [1.54, 1.807) is 24.5 Å². The molecule has 0 bridgehead atoms. The molecule has 1 aromatic heterocycles. The van der Waals surface area contributed by atoms with E-state index in [1.165, 1.54) is 6.92 Å². The molecule has 1 amide bonds. The van der Waals surface area contributed by atoms with Crippen molar-refractivity contribution in [3.63, 3.8) is 0 Å². The van der Waals surface area contributed by atoms with Gasteiger partial charge in [0.05, 0.1) is 6.42 Å². The number of esters is 1. The normalized spacial score (nSPS) is 13.5. The van der Waals surface area contributed by atoms with E-state index < -0.39 is 41.4 Å². The molecule has 9 heteroatoms. The number of hydrogen-bond donors (Lipinski definition) is 2. The number of carbonyl (C=O) groups is 3. The zero-order valence-corrected chi connectivity index (χ0v) is 24.2. The Morgan fingerprint density at radius 3 is 2.03 bits per heavy atom. The van der Waals surface area contributed by atoms with Crippen LogP contribution in [0.1, 0.15) is 103 Å². The number of phenols is 1. The van der Waals surface area contributed by atoms with Gasteiger partial charge >= 0.3 is 12.1 Å². The van der Waals surface area contributed by atoms with Crippen molar-refractivity contribution < 1.29 is 29.0 Å². The first-order valence-corrected chi connectivity index (χ1v) is 13.1. The van der Waals surface area contributed by atoms with Gasteiger partial charge in [0, 0.05) is 42.6 Å². The Bertz CT molecular complexity index is 1170. The molecule has 0 spiro atoms. The maximum atomic E-state index is 13.3. The molecule has 1 heterocycles. The number of H-pyrrole nitrogens is 1. The first kappa shape index (κ1) is 30.9. The molecule has 0 saturated heterocycles. The summed E-state index contributed by atoms with van der Waals surface area (Å²) in [6.45, 7) is 17.8. The van der Waals surface area contributed by atoms with Gasteiger partial charge in [0.25, 0.3) is 6.29 Å². The van der Waals surface area contributed by atoms with Crippen LogP contribution in [-0.4, -0.2) is 38.8 Å². The highest BCUT2D eigenvalue weighted by molar-refractivity contribution is 5.97. The highest BCUT2D eigenvalue weighted by atomic mass is 16.7. The molecule has 0 aliphatic heterocycles. The summed E-state index contributed by atoms with van der Waals surface area (Å²) in [5.74, 6) is -0.524. The lowest BCUT2D eigenvalue weighted by molar-refractivity contribution is -0.163. The summed E-state index contributed by atoms with van der Waals surface area (Å²) in [4.78, 5) is 44.6. The molecule has 1 aromatic carbocycles. The molecule has 0 fully saturated rings. The lowest BCUT2D eigenvalue weighted by Crippen LogP contribution is -2.28. The SMILES string of the molecule is CCC(CC)Cn1cc[nH]c1=NC(=O)OC(CC(=O)c1cc(C(C)(C)C)c(O)c(C(C)(C)C)c1)OC(C)=O. The van der Waals surface area contributed by atoms with Crippen LogP contribution in [0.5, 0.6) is 5.75 Å². The van der Waals surface area contributed by atoms with Crippen molar-refractivity contribution in [2.24, 2.45) is 10.9 Å². The fourth-order valence-corrected chi connectivity index (χ4v) is 4.15. The van der Waals surface area contributed by atoms with Crippen LogP contribution in [0.15, 0.2) is 29.5 Å². The maximum absolute atomic E-state index is 13.3. The molecule has 210 valence electrons. The van der Waals surface area contributed by atoms with E-state index in [-0.39, 0.29) is 5.75 Å². The van der Waals surface area contributed by atoms with Crippen molar-refractivity contribution in [3.8, 4) is 5.75 Å². The van der Waals surface area contributed by atoms with Gasteiger partial charge in [0.15, 0.2) is 5.78 Å². The first-order valence-electron chi connectivity index (χ1n) is 13.1. The summed E-state index contributed by atoms with van der Waals surface area (Å²) < 4.78 is 12.3. The lowest BCUT2D eigenvalue weighted by atomic mass is 9.78. The monoisotopic (exact) mass is 529 g/mol. The summed E-state index contributed by atoms with van der Waals surface area (Å²) in [7, 11) is 0. The van der Waals surface area contributed by atoms with Crippen LogP contribution in [0.25, 0.3) is 0 Å². The minimum Gasteiger partial charge on any atom is -0.507 e. The van der Waals surface area contributed by atoms with Crippen molar-refractivity contribution in [2.75, 3.05) is 0 Å². The Balaban J connectivity index is 2.34. The van der Waals surface area contributed by atoms with Gasteiger partial charge in [-0.2, -0.15) is 0 Å². The molecule has 0 radical (unpaired) electrons. The molecule has 0 saturated carbocycles. The van der Waals surface area contributed by atoms with Gasteiger partial charge in [0.1, 0.15) is 5.75 Å². The Morgan fingerprint density at radius 2 is 1.55 bits per heavy atom. The highest BCUT2D eigenvalue weighted by Gasteiger charge is 2.29. The van der Waals surface area contributed by atoms with E-state index in [0.717, 1.165) is 12.8 Å². The van der Waals surface area contributed by atoms with Crippen molar-refractivity contribution >= 4 is 17.8 Å².